The summed E-state index contributed by atoms with van der Waals surface area (Å²) in [6.45, 7) is 0.270. The van der Waals surface area contributed by atoms with Gasteiger partial charge in [0.2, 0.25) is 0 Å². The molecule has 100 valence electrons. The van der Waals surface area contributed by atoms with E-state index in [1.165, 1.54) is 23.5 Å². The smallest absolute Gasteiger partial charge is 0.275 e. The van der Waals surface area contributed by atoms with Crippen molar-refractivity contribution in [3.05, 3.63) is 44.1 Å². The SMILES string of the molecule is NCc1nc(C(=O)Nc2cc(Cl)c(F)c(Cl)c2)cs1. The Morgan fingerprint density at radius 2 is 2.05 bits per heavy atom. The van der Waals surface area contributed by atoms with E-state index in [0.717, 1.165) is 0 Å². The quantitative estimate of drug-likeness (QED) is 0.853. The molecule has 0 aliphatic carbocycles. The van der Waals surface area contributed by atoms with Gasteiger partial charge in [0.15, 0.2) is 5.82 Å². The molecule has 19 heavy (non-hydrogen) atoms. The minimum Gasteiger partial charge on any atom is -0.325 e. The van der Waals surface area contributed by atoms with Gasteiger partial charge in [-0.2, -0.15) is 0 Å². The molecule has 1 aromatic heterocycles. The lowest BCUT2D eigenvalue weighted by atomic mass is 10.3. The van der Waals surface area contributed by atoms with Crippen molar-refractivity contribution in [2.45, 2.75) is 6.54 Å². The van der Waals surface area contributed by atoms with Crippen LogP contribution in [0.5, 0.6) is 0 Å². The van der Waals surface area contributed by atoms with Crippen LogP contribution < -0.4 is 11.1 Å². The molecular weight excluding hydrogens is 312 g/mol. The Morgan fingerprint density at radius 1 is 1.42 bits per heavy atom. The van der Waals surface area contributed by atoms with E-state index in [4.69, 9.17) is 28.9 Å². The summed E-state index contributed by atoms with van der Waals surface area (Å²) in [7, 11) is 0. The van der Waals surface area contributed by atoms with Crippen molar-refractivity contribution in [1.29, 1.82) is 0 Å². The number of benzene rings is 1. The van der Waals surface area contributed by atoms with Crippen LogP contribution in [0.25, 0.3) is 0 Å². The van der Waals surface area contributed by atoms with E-state index in [-0.39, 0.29) is 22.3 Å². The Labute approximate surface area is 122 Å². The number of hydrogen-bond acceptors (Lipinski definition) is 4. The molecule has 8 heteroatoms. The fourth-order valence-corrected chi connectivity index (χ4v) is 2.47. The Hall–Kier alpha value is -1.21. The fraction of sp³-hybridized carbons (Fsp3) is 0.0909. The lowest BCUT2D eigenvalue weighted by Crippen LogP contribution is -2.13. The maximum Gasteiger partial charge on any atom is 0.275 e. The van der Waals surface area contributed by atoms with Crippen LogP contribution in [0.3, 0.4) is 0 Å². The first-order chi connectivity index (χ1) is 9.01. The Morgan fingerprint density at radius 3 is 2.58 bits per heavy atom. The van der Waals surface area contributed by atoms with Crippen molar-refractivity contribution < 1.29 is 9.18 Å². The molecule has 0 radical (unpaired) electrons. The summed E-state index contributed by atoms with van der Waals surface area (Å²) in [6.07, 6.45) is 0. The molecule has 2 aromatic rings. The maximum atomic E-state index is 13.2. The molecule has 0 aliphatic rings. The zero-order valence-electron chi connectivity index (χ0n) is 9.41. The average Bonchev–Trinajstić information content (AvgIpc) is 2.84. The van der Waals surface area contributed by atoms with Crippen LogP contribution in [0.15, 0.2) is 17.5 Å². The lowest BCUT2D eigenvalue weighted by molar-refractivity contribution is 0.102. The van der Waals surface area contributed by atoms with Gasteiger partial charge in [-0.15, -0.1) is 11.3 Å². The van der Waals surface area contributed by atoms with E-state index in [2.05, 4.69) is 10.3 Å². The third kappa shape index (κ3) is 3.22. The van der Waals surface area contributed by atoms with Gasteiger partial charge in [0.1, 0.15) is 10.7 Å². The second-order valence-corrected chi connectivity index (χ2v) is 5.30. The summed E-state index contributed by atoms with van der Waals surface area (Å²) in [5.41, 5.74) is 5.94. The minimum atomic E-state index is -0.722. The number of hydrogen-bond donors (Lipinski definition) is 2. The van der Waals surface area contributed by atoms with Gasteiger partial charge in [-0.3, -0.25) is 4.79 Å². The topological polar surface area (TPSA) is 68.0 Å². The average molecular weight is 320 g/mol. The van der Waals surface area contributed by atoms with Crippen LogP contribution in [-0.2, 0) is 6.54 Å². The van der Waals surface area contributed by atoms with Crippen molar-refractivity contribution in [2.24, 2.45) is 5.73 Å². The second-order valence-electron chi connectivity index (χ2n) is 3.54. The molecule has 1 amide bonds. The summed E-state index contributed by atoms with van der Waals surface area (Å²) in [5, 5.41) is 4.45. The molecule has 0 saturated heterocycles. The second kappa shape index (κ2) is 5.83. The first kappa shape index (κ1) is 14.2. The summed E-state index contributed by atoms with van der Waals surface area (Å²) in [5.74, 6) is -1.16. The molecule has 0 fully saturated rings. The molecular formula is C11H8Cl2FN3OS. The van der Waals surface area contributed by atoms with Crippen molar-refractivity contribution in [3.63, 3.8) is 0 Å². The van der Waals surface area contributed by atoms with Crippen LogP contribution in [0.2, 0.25) is 10.0 Å². The molecule has 4 nitrogen and oxygen atoms in total. The van der Waals surface area contributed by atoms with Crippen LogP contribution in [0.4, 0.5) is 10.1 Å². The monoisotopic (exact) mass is 319 g/mol. The first-order valence-corrected chi connectivity index (χ1v) is 6.75. The molecule has 0 saturated carbocycles. The lowest BCUT2D eigenvalue weighted by Gasteiger charge is -2.05. The molecule has 0 spiro atoms. The number of amides is 1. The van der Waals surface area contributed by atoms with Crippen molar-refractivity contribution in [1.82, 2.24) is 4.98 Å². The first-order valence-electron chi connectivity index (χ1n) is 5.11. The zero-order chi connectivity index (χ0) is 14.0. The Balaban J connectivity index is 2.19. The summed E-state index contributed by atoms with van der Waals surface area (Å²) >= 11 is 12.6. The van der Waals surface area contributed by atoms with Gasteiger partial charge in [0, 0.05) is 17.6 Å². The van der Waals surface area contributed by atoms with E-state index in [1.807, 2.05) is 0 Å². The zero-order valence-corrected chi connectivity index (χ0v) is 11.7. The highest BCUT2D eigenvalue weighted by Crippen LogP contribution is 2.27. The van der Waals surface area contributed by atoms with E-state index in [1.54, 1.807) is 5.38 Å². The highest BCUT2D eigenvalue weighted by atomic mass is 35.5. The third-order valence-corrected chi connectivity index (χ3v) is 3.62. The standard InChI is InChI=1S/C11H8Cl2FN3OS/c12-6-1-5(2-7(13)10(6)14)16-11(18)8-4-19-9(3-15)17-8/h1-2,4H,3,15H2,(H,16,18). The van der Waals surface area contributed by atoms with Crippen LogP contribution in [-0.4, -0.2) is 10.9 Å². The number of carbonyl (C=O) groups is 1. The number of aromatic nitrogens is 1. The third-order valence-electron chi connectivity index (χ3n) is 2.20. The predicted molar refractivity (Wildman–Crippen MR) is 74.4 cm³/mol. The molecule has 1 heterocycles. The molecule has 0 unspecified atom stereocenters. The summed E-state index contributed by atoms with van der Waals surface area (Å²) < 4.78 is 13.2. The molecule has 1 aromatic carbocycles. The number of halogens is 3. The van der Waals surface area contributed by atoms with E-state index in [9.17, 15) is 9.18 Å². The van der Waals surface area contributed by atoms with E-state index in [0.29, 0.717) is 10.7 Å². The number of thiazole rings is 1. The minimum absolute atomic E-state index is 0.163. The van der Waals surface area contributed by atoms with E-state index >= 15 is 0 Å². The Bertz CT molecular complexity index is 609. The number of carbonyl (C=O) groups excluding carboxylic acids is 1. The molecule has 0 atom stereocenters. The predicted octanol–water partition coefficient (Wildman–Crippen LogP) is 3.30. The number of nitrogens with one attached hydrogen (secondary N) is 1. The van der Waals surface area contributed by atoms with Crippen LogP contribution in [0.1, 0.15) is 15.5 Å². The number of anilines is 1. The maximum absolute atomic E-state index is 13.2. The van der Waals surface area contributed by atoms with Crippen molar-refractivity contribution in [3.8, 4) is 0 Å². The van der Waals surface area contributed by atoms with Gasteiger partial charge in [-0.25, -0.2) is 9.37 Å². The highest BCUT2D eigenvalue weighted by molar-refractivity contribution is 7.09. The van der Waals surface area contributed by atoms with E-state index < -0.39 is 11.7 Å². The van der Waals surface area contributed by atoms with Gasteiger partial charge in [-0.05, 0) is 12.1 Å². The van der Waals surface area contributed by atoms with Crippen molar-refractivity contribution in [2.75, 3.05) is 5.32 Å². The van der Waals surface area contributed by atoms with Gasteiger partial charge in [0.05, 0.1) is 10.0 Å². The van der Waals surface area contributed by atoms with Crippen LogP contribution >= 0.6 is 34.5 Å². The molecule has 0 bridgehead atoms. The highest BCUT2D eigenvalue weighted by Gasteiger charge is 2.13. The largest absolute Gasteiger partial charge is 0.325 e. The van der Waals surface area contributed by atoms with Gasteiger partial charge in [0.25, 0.3) is 5.91 Å². The van der Waals surface area contributed by atoms with Gasteiger partial charge in [-0.1, -0.05) is 23.2 Å². The summed E-state index contributed by atoms with van der Waals surface area (Å²) in [6, 6.07) is 2.55. The van der Waals surface area contributed by atoms with Gasteiger partial charge >= 0.3 is 0 Å². The molecule has 0 aliphatic heterocycles. The Kier molecular flexibility index (Phi) is 4.36. The summed E-state index contributed by atoms with van der Waals surface area (Å²) in [4.78, 5) is 15.9. The normalized spacial score (nSPS) is 10.5. The fourth-order valence-electron chi connectivity index (χ4n) is 1.33. The number of rotatable bonds is 3. The van der Waals surface area contributed by atoms with Crippen molar-refractivity contribution >= 4 is 46.1 Å². The molecule has 3 N–H and O–H groups in total. The van der Waals surface area contributed by atoms with Gasteiger partial charge < -0.3 is 11.1 Å². The van der Waals surface area contributed by atoms with Crippen LogP contribution in [0, 0.1) is 5.82 Å². The number of nitrogens with zero attached hydrogens (tertiary/aromatic N) is 1. The molecule has 2 rings (SSSR count). The number of nitrogens with two attached hydrogens (primary N) is 1.